The fraction of sp³-hybridized carbons (Fsp3) is 0.500. The first-order valence-electron chi connectivity index (χ1n) is 6.00. The van der Waals surface area contributed by atoms with Crippen molar-refractivity contribution in [3.8, 4) is 0 Å². The van der Waals surface area contributed by atoms with Crippen molar-refractivity contribution in [2.75, 3.05) is 20.1 Å². The number of aldehydes is 1. The Bertz CT molecular complexity index is 333. The van der Waals surface area contributed by atoms with Crippen LogP contribution in [0.4, 0.5) is 0 Å². The first-order valence-corrected chi connectivity index (χ1v) is 6.00. The maximum absolute atomic E-state index is 10.2. The van der Waals surface area contributed by atoms with Crippen LogP contribution < -0.4 is 0 Å². The molecule has 1 aliphatic heterocycles. The zero-order valence-electron chi connectivity index (χ0n) is 9.86. The number of piperidine rings is 1. The van der Waals surface area contributed by atoms with Gasteiger partial charge in [0.25, 0.3) is 0 Å². The van der Waals surface area contributed by atoms with Gasteiger partial charge in [-0.3, -0.25) is 0 Å². The number of benzene rings is 1. The zero-order valence-corrected chi connectivity index (χ0v) is 9.86. The molecule has 0 amide bonds. The summed E-state index contributed by atoms with van der Waals surface area (Å²) < 4.78 is 0. The van der Waals surface area contributed by atoms with E-state index in [0.29, 0.717) is 5.92 Å². The van der Waals surface area contributed by atoms with Gasteiger partial charge >= 0.3 is 0 Å². The van der Waals surface area contributed by atoms with E-state index in [1.165, 1.54) is 17.5 Å². The molecule has 16 heavy (non-hydrogen) atoms. The monoisotopic (exact) mass is 217 g/mol. The van der Waals surface area contributed by atoms with E-state index in [0.717, 1.165) is 32.2 Å². The van der Waals surface area contributed by atoms with E-state index in [1.54, 1.807) is 0 Å². The highest BCUT2D eigenvalue weighted by Crippen LogP contribution is 2.25. The molecule has 0 spiro atoms. The Kier molecular flexibility index (Phi) is 3.73. The smallest absolute Gasteiger partial charge is 0.123 e. The number of nitrogens with zero attached hydrogens (tertiary/aromatic N) is 1. The summed E-state index contributed by atoms with van der Waals surface area (Å²) in [6.07, 6.45) is 4.44. The first-order chi connectivity index (χ1) is 7.79. The van der Waals surface area contributed by atoms with E-state index >= 15 is 0 Å². The molecule has 0 atom stereocenters. The van der Waals surface area contributed by atoms with Crippen molar-refractivity contribution in [2.45, 2.75) is 19.3 Å². The van der Waals surface area contributed by atoms with E-state index in [2.05, 4.69) is 36.2 Å². The lowest BCUT2D eigenvalue weighted by Gasteiger charge is -2.25. The van der Waals surface area contributed by atoms with Gasteiger partial charge in [0.2, 0.25) is 0 Å². The summed E-state index contributed by atoms with van der Waals surface area (Å²) in [5, 5.41) is 0. The SMILES string of the molecule is CN1CCC(C=O)CC1.c1ccc2c(c1)C2. The molecule has 2 aliphatic rings. The van der Waals surface area contributed by atoms with Gasteiger partial charge in [-0.1, -0.05) is 24.3 Å². The average Bonchev–Trinajstić information content (AvgIpc) is 3.10. The van der Waals surface area contributed by atoms with Gasteiger partial charge in [-0.25, -0.2) is 0 Å². The molecule has 2 heteroatoms. The number of fused-ring (bicyclic) bond motifs is 1. The molecule has 2 nitrogen and oxygen atoms in total. The number of likely N-dealkylation sites (tertiary alicyclic amines) is 1. The van der Waals surface area contributed by atoms with E-state index in [1.807, 2.05) is 0 Å². The molecule has 1 aliphatic carbocycles. The second-order valence-corrected chi connectivity index (χ2v) is 4.72. The van der Waals surface area contributed by atoms with Crippen LogP contribution >= 0.6 is 0 Å². The van der Waals surface area contributed by atoms with Crippen molar-refractivity contribution in [1.82, 2.24) is 4.90 Å². The van der Waals surface area contributed by atoms with E-state index in [-0.39, 0.29) is 0 Å². The van der Waals surface area contributed by atoms with Crippen LogP contribution in [0.2, 0.25) is 0 Å². The molecule has 1 aromatic rings. The van der Waals surface area contributed by atoms with Gasteiger partial charge in [-0.2, -0.15) is 0 Å². The third-order valence-corrected chi connectivity index (χ3v) is 3.33. The topological polar surface area (TPSA) is 20.3 Å². The van der Waals surface area contributed by atoms with E-state index in [9.17, 15) is 4.79 Å². The summed E-state index contributed by atoms with van der Waals surface area (Å²) in [6.45, 7) is 2.17. The molecule has 0 unspecified atom stereocenters. The zero-order chi connectivity index (χ0) is 11.4. The molecule has 0 aromatic heterocycles. The quantitative estimate of drug-likeness (QED) is 0.682. The predicted molar refractivity (Wildman–Crippen MR) is 65.5 cm³/mol. The van der Waals surface area contributed by atoms with Crippen LogP contribution in [-0.4, -0.2) is 31.3 Å². The van der Waals surface area contributed by atoms with Gasteiger partial charge in [0.1, 0.15) is 6.29 Å². The normalized spacial score (nSPS) is 19.3. The molecule has 86 valence electrons. The van der Waals surface area contributed by atoms with Crippen molar-refractivity contribution in [1.29, 1.82) is 0 Å². The molecular weight excluding hydrogens is 198 g/mol. The Morgan fingerprint density at radius 1 is 1.19 bits per heavy atom. The van der Waals surface area contributed by atoms with Crippen molar-refractivity contribution in [2.24, 2.45) is 5.92 Å². The van der Waals surface area contributed by atoms with Crippen LogP contribution in [0, 0.1) is 5.92 Å². The van der Waals surface area contributed by atoms with Crippen molar-refractivity contribution < 1.29 is 4.79 Å². The lowest BCUT2D eigenvalue weighted by atomic mass is 9.99. The minimum absolute atomic E-state index is 0.348. The largest absolute Gasteiger partial charge is 0.306 e. The van der Waals surface area contributed by atoms with Gasteiger partial charge in [0.15, 0.2) is 0 Å². The number of carbonyl (C=O) groups excluding carboxylic acids is 1. The molecule has 1 saturated heterocycles. The highest BCUT2D eigenvalue weighted by atomic mass is 16.1. The lowest BCUT2D eigenvalue weighted by molar-refractivity contribution is -0.112. The maximum Gasteiger partial charge on any atom is 0.123 e. The fourth-order valence-electron chi connectivity index (χ4n) is 2.00. The van der Waals surface area contributed by atoms with Crippen molar-refractivity contribution >= 4 is 6.29 Å². The van der Waals surface area contributed by atoms with Crippen LogP contribution in [0.3, 0.4) is 0 Å². The van der Waals surface area contributed by atoms with E-state index in [4.69, 9.17) is 0 Å². The van der Waals surface area contributed by atoms with Crippen molar-refractivity contribution in [3.05, 3.63) is 35.4 Å². The average molecular weight is 217 g/mol. The minimum Gasteiger partial charge on any atom is -0.306 e. The van der Waals surface area contributed by atoms with Crippen LogP contribution in [0.1, 0.15) is 24.0 Å². The Hall–Kier alpha value is -1.15. The molecular formula is C14H19NO. The number of rotatable bonds is 1. The Balaban J connectivity index is 0.000000123. The molecule has 0 radical (unpaired) electrons. The standard InChI is InChI=1S/C7H13NO.C7H6/c1-8-4-2-7(6-9)3-5-8;1-2-4-7-5-6(7)3-1/h6-7H,2-5H2,1H3;1-4H,5H2. The highest BCUT2D eigenvalue weighted by Gasteiger charge is 2.14. The predicted octanol–water partition coefficient (Wildman–Crippen LogP) is 2.12. The van der Waals surface area contributed by atoms with Crippen LogP contribution in [0.5, 0.6) is 0 Å². The van der Waals surface area contributed by atoms with E-state index < -0.39 is 0 Å². The van der Waals surface area contributed by atoms with Gasteiger partial charge < -0.3 is 9.69 Å². The molecule has 1 fully saturated rings. The Labute approximate surface area is 97.3 Å². The number of hydrogen-bond donors (Lipinski definition) is 0. The Morgan fingerprint density at radius 3 is 2.19 bits per heavy atom. The number of hydrogen-bond acceptors (Lipinski definition) is 2. The summed E-state index contributed by atoms with van der Waals surface area (Å²) in [5.41, 5.74) is 3.06. The van der Waals surface area contributed by atoms with Gasteiger partial charge in [0.05, 0.1) is 0 Å². The molecule has 1 aromatic carbocycles. The van der Waals surface area contributed by atoms with Crippen LogP contribution in [-0.2, 0) is 11.2 Å². The molecule has 3 rings (SSSR count). The lowest BCUT2D eigenvalue weighted by Crippen LogP contribution is -2.30. The van der Waals surface area contributed by atoms with Crippen LogP contribution in [0.15, 0.2) is 24.3 Å². The molecule has 0 N–H and O–H groups in total. The summed E-state index contributed by atoms with van der Waals surface area (Å²) in [7, 11) is 2.10. The Morgan fingerprint density at radius 2 is 1.75 bits per heavy atom. The summed E-state index contributed by atoms with van der Waals surface area (Å²) in [6, 6.07) is 8.53. The maximum atomic E-state index is 10.2. The summed E-state index contributed by atoms with van der Waals surface area (Å²) in [4.78, 5) is 12.5. The highest BCUT2D eigenvalue weighted by molar-refractivity contribution is 5.53. The second-order valence-electron chi connectivity index (χ2n) is 4.72. The molecule has 0 saturated carbocycles. The fourth-order valence-corrected chi connectivity index (χ4v) is 2.00. The second kappa shape index (κ2) is 5.26. The third kappa shape index (κ3) is 3.17. The van der Waals surface area contributed by atoms with Gasteiger partial charge in [-0.15, -0.1) is 0 Å². The minimum atomic E-state index is 0.348. The van der Waals surface area contributed by atoms with Gasteiger partial charge in [0, 0.05) is 5.92 Å². The van der Waals surface area contributed by atoms with Crippen LogP contribution in [0.25, 0.3) is 0 Å². The molecule has 1 heterocycles. The third-order valence-electron chi connectivity index (χ3n) is 3.33. The first kappa shape index (κ1) is 11.3. The summed E-state index contributed by atoms with van der Waals surface area (Å²) in [5.74, 6) is 0.348. The molecule has 0 bridgehead atoms. The van der Waals surface area contributed by atoms with Crippen molar-refractivity contribution in [3.63, 3.8) is 0 Å². The number of carbonyl (C=O) groups is 1. The summed E-state index contributed by atoms with van der Waals surface area (Å²) >= 11 is 0. The van der Waals surface area contributed by atoms with Gasteiger partial charge in [-0.05, 0) is 50.5 Å².